The van der Waals surface area contributed by atoms with Gasteiger partial charge in [-0.3, -0.25) is 4.79 Å². The molecule has 0 bridgehead atoms. The number of aryl methyl sites for hydroxylation is 2. The highest BCUT2D eigenvalue weighted by Gasteiger charge is 2.15. The lowest BCUT2D eigenvalue weighted by molar-refractivity contribution is -0.119. The molecule has 1 amide bonds. The van der Waals surface area contributed by atoms with Gasteiger partial charge < -0.3 is 14.8 Å². The van der Waals surface area contributed by atoms with Gasteiger partial charge in [0.15, 0.2) is 6.61 Å². The second-order valence-electron chi connectivity index (χ2n) is 6.70. The molecule has 29 heavy (non-hydrogen) atoms. The van der Waals surface area contributed by atoms with Gasteiger partial charge in [-0.05, 0) is 43.7 Å². The topological polar surface area (TPSA) is 64.6 Å². The molecule has 148 valence electrons. The minimum absolute atomic E-state index is 0.226. The van der Waals surface area contributed by atoms with Gasteiger partial charge >= 0.3 is 5.97 Å². The van der Waals surface area contributed by atoms with Gasteiger partial charge in [0.25, 0.3) is 5.91 Å². The van der Waals surface area contributed by atoms with E-state index in [1.807, 2.05) is 68.4 Å². The van der Waals surface area contributed by atoms with Crippen LogP contribution in [0.15, 0.2) is 72.8 Å². The van der Waals surface area contributed by atoms with E-state index in [2.05, 4.69) is 5.32 Å². The van der Waals surface area contributed by atoms with Crippen LogP contribution >= 0.6 is 0 Å². The van der Waals surface area contributed by atoms with Crippen LogP contribution in [0.2, 0.25) is 0 Å². The first-order valence-corrected chi connectivity index (χ1v) is 9.33. The van der Waals surface area contributed by atoms with Crippen LogP contribution in [-0.2, 0) is 16.1 Å². The number of hydrogen-bond donors (Lipinski definition) is 1. The largest absolute Gasteiger partial charge is 0.489 e. The van der Waals surface area contributed by atoms with Crippen molar-refractivity contribution in [3.63, 3.8) is 0 Å². The average Bonchev–Trinajstić information content (AvgIpc) is 2.73. The monoisotopic (exact) mass is 389 g/mol. The van der Waals surface area contributed by atoms with Gasteiger partial charge in [-0.15, -0.1) is 0 Å². The number of esters is 1. The van der Waals surface area contributed by atoms with Crippen LogP contribution in [0.3, 0.4) is 0 Å². The Morgan fingerprint density at radius 1 is 0.897 bits per heavy atom. The normalized spacial score (nSPS) is 10.3. The zero-order chi connectivity index (χ0) is 20.6. The van der Waals surface area contributed by atoms with E-state index in [0.29, 0.717) is 22.6 Å². The maximum absolute atomic E-state index is 12.5. The number of hydrogen-bond acceptors (Lipinski definition) is 4. The summed E-state index contributed by atoms with van der Waals surface area (Å²) in [4.78, 5) is 24.7. The number of para-hydroxylation sites is 1. The predicted molar refractivity (Wildman–Crippen MR) is 112 cm³/mol. The van der Waals surface area contributed by atoms with Gasteiger partial charge in [0.05, 0.1) is 5.56 Å². The van der Waals surface area contributed by atoms with Crippen molar-refractivity contribution in [3.8, 4) is 5.75 Å². The molecule has 0 heterocycles. The molecule has 0 unspecified atom stereocenters. The Balaban J connectivity index is 1.58. The predicted octanol–water partition coefficient (Wildman–Crippen LogP) is 4.68. The fourth-order valence-electron chi connectivity index (χ4n) is 2.87. The Morgan fingerprint density at radius 3 is 2.38 bits per heavy atom. The highest BCUT2D eigenvalue weighted by molar-refractivity contribution is 5.96. The van der Waals surface area contributed by atoms with Gasteiger partial charge in [0.1, 0.15) is 12.4 Å². The van der Waals surface area contributed by atoms with Gasteiger partial charge in [-0.1, -0.05) is 54.1 Å². The van der Waals surface area contributed by atoms with Gasteiger partial charge in [-0.25, -0.2) is 4.79 Å². The highest BCUT2D eigenvalue weighted by atomic mass is 16.5. The molecule has 0 radical (unpaired) electrons. The minimum Gasteiger partial charge on any atom is -0.489 e. The summed E-state index contributed by atoms with van der Waals surface area (Å²) in [7, 11) is 0. The first kappa shape index (κ1) is 20.1. The van der Waals surface area contributed by atoms with E-state index < -0.39 is 5.97 Å². The first-order chi connectivity index (χ1) is 14.0. The van der Waals surface area contributed by atoms with E-state index in [1.54, 1.807) is 18.2 Å². The van der Waals surface area contributed by atoms with E-state index in [-0.39, 0.29) is 19.1 Å². The summed E-state index contributed by atoms with van der Waals surface area (Å²) in [5, 5.41) is 2.76. The second kappa shape index (κ2) is 9.55. The van der Waals surface area contributed by atoms with E-state index in [4.69, 9.17) is 9.47 Å². The Bertz CT molecular complexity index is 999. The molecule has 1 N–H and O–H groups in total. The van der Waals surface area contributed by atoms with Crippen molar-refractivity contribution >= 4 is 17.6 Å². The molecule has 3 aromatic carbocycles. The number of nitrogens with one attached hydrogen (secondary N) is 1. The third-order valence-electron chi connectivity index (χ3n) is 4.37. The summed E-state index contributed by atoms with van der Waals surface area (Å²) < 4.78 is 10.9. The highest BCUT2D eigenvalue weighted by Crippen LogP contribution is 2.17. The molecular weight excluding hydrogens is 366 g/mol. The van der Waals surface area contributed by atoms with E-state index in [9.17, 15) is 9.59 Å². The molecule has 0 aliphatic heterocycles. The summed E-state index contributed by atoms with van der Waals surface area (Å²) in [5.74, 6) is -0.236. The van der Waals surface area contributed by atoms with Crippen molar-refractivity contribution in [2.45, 2.75) is 20.5 Å². The lowest BCUT2D eigenvalue weighted by Crippen LogP contribution is -2.22. The number of rotatable bonds is 7. The van der Waals surface area contributed by atoms with Crippen molar-refractivity contribution in [1.29, 1.82) is 0 Å². The van der Waals surface area contributed by atoms with Crippen LogP contribution in [0.1, 0.15) is 27.0 Å². The van der Waals surface area contributed by atoms with Crippen molar-refractivity contribution in [3.05, 3.63) is 95.1 Å². The van der Waals surface area contributed by atoms with Crippen LogP contribution < -0.4 is 10.1 Å². The molecule has 0 aromatic heterocycles. The summed E-state index contributed by atoms with van der Waals surface area (Å²) in [6, 6.07) is 22.1. The lowest BCUT2D eigenvalue weighted by atomic mass is 10.1. The maximum Gasteiger partial charge on any atom is 0.339 e. The third kappa shape index (κ3) is 5.69. The summed E-state index contributed by atoms with van der Waals surface area (Å²) in [5.41, 5.74) is 3.83. The van der Waals surface area contributed by atoms with Gasteiger partial charge in [0.2, 0.25) is 0 Å². The van der Waals surface area contributed by atoms with Crippen LogP contribution in [0.5, 0.6) is 5.75 Å². The zero-order valence-corrected chi connectivity index (χ0v) is 16.5. The lowest BCUT2D eigenvalue weighted by Gasteiger charge is -2.12. The maximum atomic E-state index is 12.5. The Kier molecular flexibility index (Phi) is 6.63. The molecule has 0 spiro atoms. The number of carbonyl (C=O) groups excluding carboxylic acids is 2. The van der Waals surface area contributed by atoms with Crippen LogP contribution in [0, 0.1) is 13.8 Å². The average molecular weight is 389 g/mol. The SMILES string of the molecule is Cc1ccc(NC(=O)COC(=O)c2ccccc2COc2ccccc2)c(C)c1. The van der Waals surface area contributed by atoms with Gasteiger partial charge in [-0.2, -0.15) is 0 Å². The van der Waals surface area contributed by atoms with Crippen LogP contribution in [0.25, 0.3) is 0 Å². The molecule has 5 heteroatoms. The van der Waals surface area contributed by atoms with E-state index in [0.717, 1.165) is 11.1 Å². The molecule has 0 aliphatic rings. The Hall–Kier alpha value is -3.60. The Morgan fingerprint density at radius 2 is 1.62 bits per heavy atom. The standard InChI is InChI=1S/C24H23NO4/c1-17-12-13-22(18(2)14-17)25-23(26)16-29-24(27)21-11-7-6-8-19(21)15-28-20-9-4-3-5-10-20/h3-14H,15-16H2,1-2H3,(H,25,26). The number of anilines is 1. The van der Waals surface area contributed by atoms with E-state index in [1.165, 1.54) is 0 Å². The quantitative estimate of drug-likeness (QED) is 0.596. The fraction of sp³-hybridized carbons (Fsp3) is 0.167. The smallest absolute Gasteiger partial charge is 0.339 e. The molecular formula is C24H23NO4. The molecule has 0 aliphatic carbocycles. The second-order valence-corrected chi connectivity index (χ2v) is 6.70. The summed E-state index contributed by atoms with van der Waals surface area (Å²) >= 11 is 0. The number of amides is 1. The molecule has 0 saturated carbocycles. The van der Waals surface area contributed by atoms with Gasteiger partial charge in [0, 0.05) is 11.3 Å². The Labute approximate surface area is 170 Å². The molecule has 0 fully saturated rings. The minimum atomic E-state index is -0.562. The van der Waals surface area contributed by atoms with Crippen molar-refractivity contribution in [1.82, 2.24) is 0 Å². The fourth-order valence-corrected chi connectivity index (χ4v) is 2.87. The molecule has 5 nitrogen and oxygen atoms in total. The first-order valence-electron chi connectivity index (χ1n) is 9.33. The zero-order valence-electron chi connectivity index (χ0n) is 16.5. The summed E-state index contributed by atoms with van der Waals surface area (Å²) in [6.45, 7) is 3.76. The molecule has 3 rings (SSSR count). The molecule has 0 saturated heterocycles. The number of benzene rings is 3. The molecule has 0 atom stereocenters. The number of ether oxygens (including phenoxy) is 2. The van der Waals surface area contributed by atoms with Crippen molar-refractivity contribution < 1.29 is 19.1 Å². The van der Waals surface area contributed by atoms with Crippen molar-refractivity contribution in [2.24, 2.45) is 0 Å². The number of carbonyl (C=O) groups is 2. The third-order valence-corrected chi connectivity index (χ3v) is 4.37. The van der Waals surface area contributed by atoms with Crippen LogP contribution in [0.4, 0.5) is 5.69 Å². The van der Waals surface area contributed by atoms with Crippen molar-refractivity contribution in [2.75, 3.05) is 11.9 Å². The van der Waals surface area contributed by atoms with E-state index >= 15 is 0 Å². The summed E-state index contributed by atoms with van der Waals surface area (Å²) in [6.07, 6.45) is 0. The van der Waals surface area contributed by atoms with Crippen LogP contribution in [-0.4, -0.2) is 18.5 Å². The molecule has 3 aromatic rings.